The second-order valence-electron chi connectivity index (χ2n) is 4.82. The number of carbonyl (C=O) groups excluding carboxylic acids is 3. The van der Waals surface area contributed by atoms with Crippen LogP contribution in [-0.2, 0) is 28.4 Å². The molecule has 3 aliphatic rings. The van der Waals surface area contributed by atoms with Crippen molar-refractivity contribution in [3.05, 3.63) is 0 Å². The molecule has 0 aliphatic carbocycles. The van der Waals surface area contributed by atoms with Crippen LogP contribution in [0.4, 0.5) is 14.4 Å². The van der Waals surface area contributed by atoms with Crippen molar-refractivity contribution < 1.29 is 73.4 Å². The third-order valence-corrected chi connectivity index (χ3v) is 3.48. The second-order valence-corrected chi connectivity index (χ2v) is 4.82. The van der Waals surface area contributed by atoms with Crippen molar-refractivity contribution in [2.75, 3.05) is 6.61 Å². The summed E-state index contributed by atoms with van der Waals surface area (Å²) in [6.07, 6.45) is -5.51. The van der Waals surface area contributed by atoms with Crippen LogP contribution in [0.25, 0.3) is 0 Å². The Hall–Kier alpha value is -2.43. The van der Waals surface area contributed by atoms with Crippen molar-refractivity contribution in [1.82, 2.24) is 0 Å². The molecule has 134 valence electrons. The van der Waals surface area contributed by atoms with Crippen molar-refractivity contribution in [3.8, 4) is 0 Å². The number of carbonyl (C=O) groups is 3. The van der Waals surface area contributed by atoms with Crippen LogP contribution in [0, 0.1) is 0 Å². The molecule has 4 atom stereocenters. The van der Waals surface area contributed by atoms with Crippen molar-refractivity contribution in [2.45, 2.75) is 29.1 Å². The minimum absolute atomic E-state index is 1.61. The highest BCUT2D eigenvalue weighted by Gasteiger charge is 2.93. The third-order valence-electron chi connectivity index (χ3n) is 3.48. The summed E-state index contributed by atoms with van der Waals surface area (Å²) in [4.78, 5) is 33.2. The topological polar surface area (TPSA) is 228 Å². The van der Waals surface area contributed by atoms with Crippen molar-refractivity contribution in [2.24, 2.45) is 0 Å². The van der Waals surface area contributed by atoms with E-state index in [1.165, 1.54) is 0 Å². The van der Waals surface area contributed by atoms with Gasteiger partial charge in [-0.25, -0.2) is 14.4 Å². The largest absolute Gasteiger partial charge is 0.518 e. The molecule has 0 spiro atoms. The Morgan fingerprint density at radius 3 is 1.54 bits per heavy atom. The van der Waals surface area contributed by atoms with E-state index in [4.69, 9.17) is 5.11 Å². The zero-order valence-corrected chi connectivity index (χ0v) is 11.1. The average molecular weight is 356 g/mol. The monoisotopic (exact) mass is 356 g/mol. The standard InChI is InChI=1S/C9H8O15/c10-1-5(14)6(15,20-2(11)19-5)7(16)8(17,22-3(12)21-7)9(18)23-4(13)24-9/h10,14-18H,1H2/t5-,6+,7+,8+/m0/s1. The van der Waals surface area contributed by atoms with E-state index >= 15 is 0 Å². The summed E-state index contributed by atoms with van der Waals surface area (Å²) in [7, 11) is 0. The van der Waals surface area contributed by atoms with Crippen LogP contribution >= 0.6 is 0 Å². The Morgan fingerprint density at radius 2 is 1.04 bits per heavy atom. The van der Waals surface area contributed by atoms with Crippen LogP contribution in [0.1, 0.15) is 0 Å². The molecule has 0 aromatic carbocycles. The summed E-state index contributed by atoms with van der Waals surface area (Å²) in [5.74, 6) is -19.3. The molecule has 15 heteroatoms. The van der Waals surface area contributed by atoms with Gasteiger partial charge in [0.05, 0.1) is 0 Å². The van der Waals surface area contributed by atoms with Gasteiger partial charge in [0.1, 0.15) is 6.61 Å². The predicted octanol–water partition coefficient (Wildman–Crippen LogP) is -4.12. The summed E-state index contributed by atoms with van der Waals surface area (Å²) >= 11 is 0. The van der Waals surface area contributed by atoms with Gasteiger partial charge < -0.3 is 59.1 Å². The molecular weight excluding hydrogens is 348 g/mol. The quantitative estimate of drug-likeness (QED) is 0.208. The van der Waals surface area contributed by atoms with Crippen molar-refractivity contribution in [3.63, 3.8) is 0 Å². The van der Waals surface area contributed by atoms with Crippen LogP contribution in [0.15, 0.2) is 0 Å². The van der Waals surface area contributed by atoms with Gasteiger partial charge in [0.2, 0.25) is 0 Å². The summed E-state index contributed by atoms with van der Waals surface area (Å²) in [6, 6.07) is 0. The Bertz CT molecular complexity index is 637. The van der Waals surface area contributed by atoms with Crippen LogP contribution in [0.3, 0.4) is 0 Å². The van der Waals surface area contributed by atoms with E-state index in [-0.39, 0.29) is 0 Å². The number of aliphatic hydroxyl groups excluding tert-OH is 1. The lowest BCUT2D eigenvalue weighted by molar-refractivity contribution is -0.547. The molecule has 3 rings (SSSR count). The van der Waals surface area contributed by atoms with Gasteiger partial charge >= 0.3 is 47.6 Å². The first-order chi connectivity index (χ1) is 10.9. The van der Waals surface area contributed by atoms with E-state index in [1.54, 1.807) is 0 Å². The smallest absolute Gasteiger partial charge is 0.391 e. The Morgan fingerprint density at radius 1 is 0.625 bits per heavy atom. The number of hydrogen-bond acceptors (Lipinski definition) is 15. The minimum Gasteiger partial charge on any atom is -0.391 e. The molecule has 0 unspecified atom stereocenters. The first kappa shape index (κ1) is 16.4. The fraction of sp³-hybridized carbons (Fsp3) is 0.667. The van der Waals surface area contributed by atoms with Gasteiger partial charge in [-0.3, -0.25) is 0 Å². The van der Waals surface area contributed by atoms with Gasteiger partial charge in [-0.2, -0.15) is 0 Å². The van der Waals surface area contributed by atoms with Crippen LogP contribution in [0.5, 0.6) is 0 Å². The van der Waals surface area contributed by atoms with Gasteiger partial charge in [0.25, 0.3) is 0 Å². The molecule has 15 nitrogen and oxygen atoms in total. The first-order valence-corrected chi connectivity index (χ1v) is 5.85. The summed E-state index contributed by atoms with van der Waals surface area (Å²) in [5.41, 5.74) is 0. The fourth-order valence-corrected chi connectivity index (χ4v) is 2.25. The molecular formula is C9H8O15. The number of hydrogen-bond donors (Lipinski definition) is 6. The lowest BCUT2D eigenvalue weighted by atomic mass is 9.88. The molecule has 0 aromatic rings. The van der Waals surface area contributed by atoms with E-state index in [9.17, 15) is 39.9 Å². The molecule has 3 aliphatic heterocycles. The van der Waals surface area contributed by atoms with Gasteiger partial charge in [-0.1, -0.05) is 0 Å². The van der Waals surface area contributed by atoms with Gasteiger partial charge in [-0.05, 0) is 0 Å². The normalized spacial score (nSPS) is 46.0. The summed E-state index contributed by atoms with van der Waals surface area (Å²) < 4.78 is 24.3. The Kier molecular flexibility index (Phi) is 2.84. The minimum atomic E-state index is -4.11. The van der Waals surface area contributed by atoms with Crippen molar-refractivity contribution >= 4 is 18.5 Å². The molecule has 3 fully saturated rings. The average Bonchev–Trinajstić information content (AvgIpc) is 2.82. The highest BCUT2D eigenvalue weighted by molar-refractivity contribution is 5.69. The molecule has 24 heavy (non-hydrogen) atoms. The van der Waals surface area contributed by atoms with Crippen LogP contribution in [0.2, 0.25) is 0 Å². The van der Waals surface area contributed by atoms with E-state index < -0.39 is 54.2 Å². The zero-order valence-electron chi connectivity index (χ0n) is 11.1. The SMILES string of the molecule is O=C1OC(O)([C@]2(O)OC(=O)O[C@]2(O)[C@]2(O)OC(=O)O[C@@]2(O)CO)O1. The molecule has 3 heterocycles. The number of ether oxygens (including phenoxy) is 6. The van der Waals surface area contributed by atoms with E-state index in [0.717, 1.165) is 0 Å². The van der Waals surface area contributed by atoms with E-state index in [2.05, 4.69) is 28.4 Å². The maximum Gasteiger partial charge on any atom is 0.518 e. The fourth-order valence-electron chi connectivity index (χ4n) is 2.25. The van der Waals surface area contributed by atoms with Crippen molar-refractivity contribution in [1.29, 1.82) is 0 Å². The second kappa shape index (κ2) is 4.15. The summed E-state index contributed by atoms with van der Waals surface area (Å²) in [5, 5.41) is 59.7. The highest BCUT2D eigenvalue weighted by atomic mass is 17.0. The highest BCUT2D eigenvalue weighted by Crippen LogP contribution is 2.55. The van der Waals surface area contributed by atoms with Crippen LogP contribution in [-0.4, -0.2) is 84.8 Å². The molecule has 6 N–H and O–H groups in total. The Labute approximate surface area is 129 Å². The first-order valence-electron chi connectivity index (χ1n) is 5.85. The maximum atomic E-state index is 11.3. The molecule has 0 bridgehead atoms. The molecule has 0 saturated carbocycles. The molecule has 0 aromatic heterocycles. The lowest BCUT2D eigenvalue weighted by Gasteiger charge is -2.48. The molecule has 3 saturated heterocycles. The third kappa shape index (κ3) is 1.52. The zero-order chi connectivity index (χ0) is 18.2. The number of cyclic esters (lactones) is 6. The summed E-state index contributed by atoms with van der Waals surface area (Å²) in [6.45, 7) is -1.66. The van der Waals surface area contributed by atoms with Crippen LogP contribution < -0.4 is 0 Å². The molecule has 0 radical (unpaired) electrons. The lowest BCUT2D eigenvalue weighted by Crippen LogP contribution is -2.82. The number of aliphatic hydroxyl groups is 6. The van der Waals surface area contributed by atoms with E-state index in [0.29, 0.717) is 0 Å². The van der Waals surface area contributed by atoms with E-state index in [1.807, 2.05) is 0 Å². The molecule has 0 amide bonds. The number of rotatable bonds is 3. The van der Waals surface area contributed by atoms with Gasteiger partial charge in [-0.15, -0.1) is 0 Å². The van der Waals surface area contributed by atoms with Gasteiger partial charge in [0.15, 0.2) is 0 Å². The maximum absolute atomic E-state index is 11.3. The van der Waals surface area contributed by atoms with Gasteiger partial charge in [0, 0.05) is 0 Å². The Balaban J connectivity index is 2.14. The predicted molar refractivity (Wildman–Crippen MR) is 54.5 cm³/mol.